The number of alkyl halides is 3. The zero-order valence-corrected chi connectivity index (χ0v) is 16.4. The Morgan fingerprint density at radius 3 is 2.52 bits per heavy atom. The van der Waals surface area contributed by atoms with Crippen molar-refractivity contribution in [1.82, 2.24) is 9.97 Å². The largest absolute Gasteiger partial charge is 0.480 e. The molecule has 1 N–H and O–H groups in total. The number of rotatable bonds is 5. The van der Waals surface area contributed by atoms with E-state index in [9.17, 15) is 26.7 Å². The van der Waals surface area contributed by atoms with Gasteiger partial charge < -0.3 is 10.1 Å². The van der Waals surface area contributed by atoms with Gasteiger partial charge in [-0.1, -0.05) is 17.7 Å². The van der Waals surface area contributed by atoms with Gasteiger partial charge in [0.2, 0.25) is 0 Å². The van der Waals surface area contributed by atoms with Gasteiger partial charge >= 0.3 is 6.18 Å². The Kier molecular flexibility index (Phi) is 6.40. The number of hydrogen-bond acceptors (Lipinski definition) is 4. The van der Waals surface area contributed by atoms with E-state index in [2.05, 4.69) is 15.3 Å². The van der Waals surface area contributed by atoms with Gasteiger partial charge in [0.25, 0.3) is 5.91 Å². The molecule has 3 rings (SSSR count). The van der Waals surface area contributed by atoms with Crippen LogP contribution >= 0.6 is 11.6 Å². The van der Waals surface area contributed by atoms with E-state index in [1.807, 2.05) is 0 Å². The van der Waals surface area contributed by atoms with Gasteiger partial charge in [-0.25, -0.2) is 8.78 Å². The minimum absolute atomic E-state index is 0.00798. The second kappa shape index (κ2) is 8.84. The van der Waals surface area contributed by atoms with Crippen LogP contribution in [-0.4, -0.2) is 28.2 Å². The van der Waals surface area contributed by atoms with Gasteiger partial charge in [-0.15, -0.1) is 0 Å². The van der Waals surface area contributed by atoms with E-state index in [0.717, 1.165) is 19.1 Å². The molecule has 1 unspecified atom stereocenters. The molecular weight excluding hydrogens is 445 g/mol. The third-order valence-electron chi connectivity index (χ3n) is 4.12. The van der Waals surface area contributed by atoms with E-state index >= 15 is 0 Å². The van der Waals surface area contributed by atoms with Crippen LogP contribution in [0.25, 0.3) is 11.3 Å². The summed E-state index contributed by atoms with van der Waals surface area (Å²) in [6.45, 7) is 0.723. The molecule has 0 bridgehead atoms. The van der Waals surface area contributed by atoms with Crippen LogP contribution < -0.4 is 10.1 Å². The summed E-state index contributed by atoms with van der Waals surface area (Å²) in [4.78, 5) is 20.4. The molecule has 1 heterocycles. The zero-order chi connectivity index (χ0) is 22.8. The number of anilines is 1. The molecular formula is C20H13ClF5N3O2. The molecule has 0 saturated carbocycles. The number of benzene rings is 2. The molecule has 0 aliphatic carbocycles. The van der Waals surface area contributed by atoms with Crippen molar-refractivity contribution >= 4 is 23.2 Å². The fourth-order valence-corrected chi connectivity index (χ4v) is 2.73. The Hall–Kier alpha value is -3.27. The average molecular weight is 458 g/mol. The number of para-hydroxylation sites is 1. The maximum Gasteiger partial charge on any atom is 0.425 e. The van der Waals surface area contributed by atoms with Crippen molar-refractivity contribution in [2.75, 3.05) is 5.32 Å². The minimum atomic E-state index is -4.76. The zero-order valence-electron chi connectivity index (χ0n) is 15.7. The molecule has 3 aromatic rings. The van der Waals surface area contributed by atoms with Gasteiger partial charge in [0.15, 0.2) is 6.10 Å². The number of amides is 1. The summed E-state index contributed by atoms with van der Waals surface area (Å²) in [5.74, 6) is -3.57. The molecule has 0 saturated heterocycles. The second-order valence-electron chi connectivity index (χ2n) is 6.27. The van der Waals surface area contributed by atoms with Crippen molar-refractivity contribution in [3.8, 4) is 17.0 Å². The molecule has 0 spiro atoms. The van der Waals surface area contributed by atoms with Crippen molar-refractivity contribution in [2.45, 2.75) is 19.2 Å². The molecule has 1 atom stereocenters. The number of hydrogen-bond donors (Lipinski definition) is 1. The van der Waals surface area contributed by atoms with Gasteiger partial charge in [0.1, 0.15) is 17.4 Å². The van der Waals surface area contributed by atoms with Gasteiger partial charge in [0.05, 0.1) is 28.2 Å². The lowest BCUT2D eigenvalue weighted by molar-refractivity contribution is -0.189. The predicted octanol–water partition coefficient (Wildman–Crippen LogP) is 5.66. The van der Waals surface area contributed by atoms with E-state index in [-0.39, 0.29) is 16.3 Å². The molecule has 31 heavy (non-hydrogen) atoms. The van der Waals surface area contributed by atoms with Crippen molar-refractivity contribution in [2.24, 2.45) is 0 Å². The Bertz CT molecular complexity index is 1090. The van der Waals surface area contributed by atoms with Crippen molar-refractivity contribution in [3.05, 3.63) is 71.1 Å². The van der Waals surface area contributed by atoms with E-state index in [1.165, 1.54) is 30.7 Å². The first kappa shape index (κ1) is 22.4. The molecule has 162 valence electrons. The maximum atomic E-state index is 14.7. The second-order valence-corrected chi connectivity index (χ2v) is 6.68. The van der Waals surface area contributed by atoms with Crippen LogP contribution in [0.4, 0.5) is 27.6 Å². The summed E-state index contributed by atoms with van der Waals surface area (Å²) in [6, 6.07) is 5.18. The fourth-order valence-electron chi connectivity index (χ4n) is 2.52. The quantitative estimate of drug-likeness (QED) is 0.502. The number of carbonyl (C=O) groups is 1. The van der Waals surface area contributed by atoms with Crippen LogP contribution in [0.2, 0.25) is 5.02 Å². The first-order valence-electron chi connectivity index (χ1n) is 8.66. The van der Waals surface area contributed by atoms with Crippen LogP contribution in [-0.2, 0) is 0 Å². The lowest BCUT2D eigenvalue weighted by Gasteiger charge is -2.20. The number of halogens is 6. The SMILES string of the molecule is CC(Oc1cc(-c2cnccn2)c(F)cc1C(=O)Nc1c(F)cccc1Cl)C(F)(F)F. The van der Waals surface area contributed by atoms with Crippen LogP contribution in [0.1, 0.15) is 17.3 Å². The van der Waals surface area contributed by atoms with Crippen molar-refractivity contribution in [3.63, 3.8) is 0 Å². The summed E-state index contributed by atoms with van der Waals surface area (Å²) in [6.07, 6.45) is -3.31. The lowest BCUT2D eigenvalue weighted by Crippen LogP contribution is -2.32. The molecule has 11 heteroatoms. The Morgan fingerprint density at radius 1 is 1.16 bits per heavy atom. The topological polar surface area (TPSA) is 64.1 Å². The highest BCUT2D eigenvalue weighted by Gasteiger charge is 2.39. The Morgan fingerprint density at radius 2 is 1.90 bits per heavy atom. The number of ether oxygens (including phenoxy) is 1. The Labute approximate surface area is 177 Å². The molecule has 2 aromatic carbocycles. The monoisotopic (exact) mass is 457 g/mol. The predicted molar refractivity (Wildman–Crippen MR) is 103 cm³/mol. The smallest absolute Gasteiger partial charge is 0.425 e. The third-order valence-corrected chi connectivity index (χ3v) is 4.43. The first-order valence-corrected chi connectivity index (χ1v) is 9.04. The highest BCUT2D eigenvalue weighted by Crippen LogP contribution is 2.34. The lowest BCUT2D eigenvalue weighted by atomic mass is 10.1. The fraction of sp³-hybridized carbons (Fsp3) is 0.150. The summed E-state index contributed by atoms with van der Waals surface area (Å²) in [7, 11) is 0. The molecule has 0 fully saturated rings. The van der Waals surface area contributed by atoms with Crippen LogP contribution in [0.5, 0.6) is 5.75 Å². The number of aromatic nitrogens is 2. The van der Waals surface area contributed by atoms with E-state index in [1.54, 1.807) is 0 Å². The van der Waals surface area contributed by atoms with Crippen molar-refractivity contribution in [1.29, 1.82) is 0 Å². The van der Waals surface area contributed by atoms with E-state index < -0.39 is 46.8 Å². The average Bonchev–Trinajstić information content (AvgIpc) is 2.71. The summed E-state index contributed by atoms with van der Waals surface area (Å²) < 4.78 is 72.7. The maximum absolute atomic E-state index is 14.7. The summed E-state index contributed by atoms with van der Waals surface area (Å²) in [5, 5.41) is 1.98. The van der Waals surface area contributed by atoms with E-state index in [4.69, 9.17) is 16.3 Å². The molecule has 5 nitrogen and oxygen atoms in total. The number of nitrogens with zero attached hydrogens (tertiary/aromatic N) is 2. The number of nitrogens with one attached hydrogen (secondary N) is 1. The van der Waals surface area contributed by atoms with E-state index in [0.29, 0.717) is 6.07 Å². The molecule has 0 aliphatic heterocycles. The molecule has 0 aliphatic rings. The van der Waals surface area contributed by atoms with Gasteiger partial charge in [-0.3, -0.25) is 14.8 Å². The van der Waals surface area contributed by atoms with Crippen LogP contribution in [0, 0.1) is 11.6 Å². The van der Waals surface area contributed by atoms with Gasteiger partial charge in [-0.2, -0.15) is 13.2 Å². The highest BCUT2D eigenvalue weighted by molar-refractivity contribution is 6.34. The van der Waals surface area contributed by atoms with Gasteiger partial charge in [0, 0.05) is 18.0 Å². The normalized spacial score (nSPS) is 12.4. The standard InChI is InChI=1S/C20H13ClF5N3O2/c1-10(20(24,25)26)31-17-8-11(16-9-27-5-6-28-16)15(23)7-12(17)19(30)29-18-13(21)3-2-4-14(18)22/h2-10H,1H3,(H,29,30). The first-order chi connectivity index (χ1) is 14.6. The Balaban J connectivity index is 2.07. The molecule has 1 amide bonds. The van der Waals surface area contributed by atoms with Gasteiger partial charge in [-0.05, 0) is 31.2 Å². The summed E-state index contributed by atoms with van der Waals surface area (Å²) in [5.41, 5.74) is -1.24. The highest BCUT2D eigenvalue weighted by atomic mass is 35.5. The van der Waals surface area contributed by atoms with Crippen molar-refractivity contribution < 1.29 is 31.5 Å². The molecule has 1 aromatic heterocycles. The van der Waals surface area contributed by atoms with Crippen LogP contribution in [0.3, 0.4) is 0 Å². The third kappa shape index (κ3) is 5.08. The van der Waals surface area contributed by atoms with Crippen LogP contribution in [0.15, 0.2) is 48.9 Å². The molecule has 0 radical (unpaired) electrons. The minimum Gasteiger partial charge on any atom is -0.480 e. The summed E-state index contributed by atoms with van der Waals surface area (Å²) >= 11 is 5.86. The number of carbonyl (C=O) groups excluding carboxylic acids is 1.